The number of hydrogen-bond acceptors (Lipinski definition) is 3. The van der Waals surface area contributed by atoms with E-state index in [1.807, 2.05) is 0 Å². The van der Waals surface area contributed by atoms with Gasteiger partial charge in [-0.2, -0.15) is 0 Å². The summed E-state index contributed by atoms with van der Waals surface area (Å²) >= 11 is 11.6. The summed E-state index contributed by atoms with van der Waals surface area (Å²) < 4.78 is 4.79. The first kappa shape index (κ1) is 12.5. The Bertz CT molecular complexity index is 368. The molecule has 0 saturated heterocycles. The molecule has 15 heavy (non-hydrogen) atoms. The number of carbonyl (C=O) groups is 1. The minimum absolute atomic E-state index is 0.154. The summed E-state index contributed by atoms with van der Waals surface area (Å²) in [5.41, 5.74) is 5.93. The smallest absolute Gasteiger partial charge is 0.183 e. The zero-order chi connectivity index (χ0) is 11.4. The number of rotatable bonds is 4. The highest BCUT2D eigenvalue weighted by molar-refractivity contribution is 6.36. The van der Waals surface area contributed by atoms with Crippen LogP contribution in [0.25, 0.3) is 0 Å². The molecule has 0 aliphatic rings. The quantitative estimate of drug-likeness (QED) is 0.830. The SMILES string of the molecule is COCC(N)C(=O)c1cc(Cl)ccc1Cl. The molecule has 5 heteroatoms. The number of Topliss-reactive ketones (excluding diaryl/α,β-unsaturated/α-hetero) is 1. The Kier molecular flexibility index (Phi) is 4.54. The van der Waals surface area contributed by atoms with Crippen molar-refractivity contribution >= 4 is 29.0 Å². The minimum atomic E-state index is -0.717. The molecule has 0 aliphatic heterocycles. The number of ketones is 1. The van der Waals surface area contributed by atoms with Crippen molar-refractivity contribution in [1.82, 2.24) is 0 Å². The number of halogens is 2. The summed E-state index contributed by atoms with van der Waals surface area (Å²) in [5.74, 6) is -0.274. The molecule has 1 rings (SSSR count). The zero-order valence-electron chi connectivity index (χ0n) is 8.17. The van der Waals surface area contributed by atoms with E-state index in [2.05, 4.69) is 0 Å². The summed E-state index contributed by atoms with van der Waals surface area (Å²) in [6, 6.07) is 3.96. The van der Waals surface area contributed by atoms with Crippen LogP contribution in [0.2, 0.25) is 10.0 Å². The Morgan fingerprint density at radius 1 is 1.53 bits per heavy atom. The molecule has 1 atom stereocenters. The van der Waals surface area contributed by atoms with E-state index in [0.29, 0.717) is 15.6 Å². The van der Waals surface area contributed by atoms with Gasteiger partial charge >= 0.3 is 0 Å². The summed E-state index contributed by atoms with van der Waals surface area (Å²) in [5, 5.41) is 0.795. The standard InChI is InChI=1S/C10H11Cl2NO2/c1-15-5-9(13)10(14)7-4-6(11)2-3-8(7)12/h2-4,9H,5,13H2,1H3. The van der Waals surface area contributed by atoms with Crippen molar-refractivity contribution in [2.75, 3.05) is 13.7 Å². The van der Waals surface area contributed by atoms with Crippen molar-refractivity contribution in [3.63, 3.8) is 0 Å². The normalized spacial score (nSPS) is 12.5. The van der Waals surface area contributed by atoms with Crippen molar-refractivity contribution in [2.45, 2.75) is 6.04 Å². The van der Waals surface area contributed by atoms with Gasteiger partial charge in [0, 0.05) is 17.7 Å². The van der Waals surface area contributed by atoms with Crippen LogP contribution in [0.5, 0.6) is 0 Å². The topological polar surface area (TPSA) is 52.3 Å². The molecule has 0 heterocycles. The molecule has 2 N–H and O–H groups in total. The van der Waals surface area contributed by atoms with Gasteiger partial charge in [-0.15, -0.1) is 0 Å². The number of ether oxygens (including phenoxy) is 1. The van der Waals surface area contributed by atoms with E-state index in [-0.39, 0.29) is 12.4 Å². The van der Waals surface area contributed by atoms with Gasteiger partial charge in [0.05, 0.1) is 17.7 Å². The van der Waals surface area contributed by atoms with Crippen molar-refractivity contribution in [2.24, 2.45) is 5.73 Å². The maximum absolute atomic E-state index is 11.8. The van der Waals surface area contributed by atoms with Gasteiger partial charge in [-0.1, -0.05) is 23.2 Å². The summed E-state index contributed by atoms with van der Waals surface area (Å²) in [4.78, 5) is 11.8. The number of hydrogen-bond donors (Lipinski definition) is 1. The Morgan fingerprint density at radius 3 is 2.80 bits per heavy atom. The lowest BCUT2D eigenvalue weighted by Gasteiger charge is -2.10. The van der Waals surface area contributed by atoms with Crippen LogP contribution in [-0.4, -0.2) is 25.5 Å². The number of nitrogens with two attached hydrogens (primary N) is 1. The highest BCUT2D eigenvalue weighted by atomic mass is 35.5. The summed E-state index contributed by atoms with van der Waals surface area (Å²) in [6.07, 6.45) is 0. The Hall–Kier alpha value is -0.610. The first-order valence-electron chi connectivity index (χ1n) is 4.30. The van der Waals surface area contributed by atoms with Gasteiger partial charge in [-0.25, -0.2) is 0 Å². The lowest BCUT2D eigenvalue weighted by molar-refractivity contribution is 0.0892. The number of carbonyl (C=O) groups excluding carboxylic acids is 1. The van der Waals surface area contributed by atoms with Gasteiger partial charge in [0.15, 0.2) is 5.78 Å². The first-order valence-corrected chi connectivity index (χ1v) is 5.05. The van der Waals surface area contributed by atoms with Crippen molar-refractivity contribution in [3.05, 3.63) is 33.8 Å². The predicted octanol–water partition coefficient (Wildman–Crippen LogP) is 2.15. The monoisotopic (exact) mass is 247 g/mol. The fourth-order valence-corrected chi connectivity index (χ4v) is 1.52. The number of benzene rings is 1. The van der Waals surface area contributed by atoms with Crippen LogP contribution in [0, 0.1) is 0 Å². The van der Waals surface area contributed by atoms with Gasteiger partial charge < -0.3 is 10.5 Å². The second-order valence-corrected chi connectivity index (χ2v) is 3.89. The molecule has 3 nitrogen and oxygen atoms in total. The molecule has 0 radical (unpaired) electrons. The van der Waals surface area contributed by atoms with Gasteiger partial charge in [0.2, 0.25) is 0 Å². The van der Waals surface area contributed by atoms with E-state index < -0.39 is 6.04 Å². The molecule has 0 aliphatic carbocycles. The predicted molar refractivity (Wildman–Crippen MR) is 60.6 cm³/mol. The maximum atomic E-state index is 11.8. The van der Waals surface area contributed by atoms with Gasteiger partial charge in [0.1, 0.15) is 0 Å². The van der Waals surface area contributed by atoms with Crippen LogP contribution in [0.4, 0.5) is 0 Å². The van der Waals surface area contributed by atoms with Crippen molar-refractivity contribution in [1.29, 1.82) is 0 Å². The van der Waals surface area contributed by atoms with Crippen LogP contribution in [0.1, 0.15) is 10.4 Å². The van der Waals surface area contributed by atoms with Gasteiger partial charge in [-0.3, -0.25) is 4.79 Å². The second kappa shape index (κ2) is 5.47. The fourth-order valence-electron chi connectivity index (χ4n) is 1.14. The second-order valence-electron chi connectivity index (χ2n) is 3.05. The molecule has 0 amide bonds. The molecule has 0 spiro atoms. The highest BCUT2D eigenvalue weighted by Crippen LogP contribution is 2.21. The summed E-state index contributed by atoms with van der Waals surface area (Å²) in [6.45, 7) is 0.154. The van der Waals surface area contributed by atoms with E-state index in [1.165, 1.54) is 13.2 Å². The fraction of sp³-hybridized carbons (Fsp3) is 0.300. The molecular formula is C10H11Cl2NO2. The Balaban J connectivity index is 2.95. The van der Waals surface area contributed by atoms with E-state index in [1.54, 1.807) is 12.1 Å². The van der Waals surface area contributed by atoms with Crippen LogP contribution in [-0.2, 0) is 4.74 Å². The third-order valence-corrected chi connectivity index (χ3v) is 2.44. The average molecular weight is 248 g/mol. The Morgan fingerprint density at radius 2 is 2.20 bits per heavy atom. The molecule has 0 saturated carbocycles. The summed E-state index contributed by atoms with van der Waals surface area (Å²) in [7, 11) is 1.48. The minimum Gasteiger partial charge on any atom is -0.383 e. The first-order chi connectivity index (χ1) is 7.06. The molecule has 0 fully saturated rings. The van der Waals surface area contributed by atoms with Crippen molar-refractivity contribution in [3.8, 4) is 0 Å². The van der Waals surface area contributed by atoms with E-state index in [0.717, 1.165) is 0 Å². The lowest BCUT2D eigenvalue weighted by atomic mass is 10.1. The van der Waals surface area contributed by atoms with Crippen LogP contribution in [0.15, 0.2) is 18.2 Å². The largest absolute Gasteiger partial charge is 0.383 e. The Labute approximate surface area is 98.1 Å². The molecule has 82 valence electrons. The van der Waals surface area contributed by atoms with Gasteiger partial charge in [0.25, 0.3) is 0 Å². The maximum Gasteiger partial charge on any atom is 0.183 e. The molecule has 0 bridgehead atoms. The third kappa shape index (κ3) is 3.18. The lowest BCUT2D eigenvalue weighted by Crippen LogP contribution is -2.35. The van der Waals surface area contributed by atoms with E-state index in [9.17, 15) is 4.79 Å². The molecule has 1 aromatic carbocycles. The van der Waals surface area contributed by atoms with Gasteiger partial charge in [-0.05, 0) is 18.2 Å². The molecular weight excluding hydrogens is 237 g/mol. The molecule has 1 unspecified atom stereocenters. The van der Waals surface area contributed by atoms with E-state index in [4.69, 9.17) is 33.7 Å². The molecule has 1 aromatic rings. The van der Waals surface area contributed by atoms with E-state index >= 15 is 0 Å². The number of methoxy groups -OCH3 is 1. The van der Waals surface area contributed by atoms with Crippen molar-refractivity contribution < 1.29 is 9.53 Å². The zero-order valence-corrected chi connectivity index (χ0v) is 9.68. The average Bonchev–Trinajstić information content (AvgIpc) is 2.21. The molecule has 0 aromatic heterocycles. The third-order valence-electron chi connectivity index (χ3n) is 1.88. The van der Waals surface area contributed by atoms with Crippen LogP contribution in [0.3, 0.4) is 0 Å². The van der Waals surface area contributed by atoms with Crippen LogP contribution < -0.4 is 5.73 Å². The van der Waals surface area contributed by atoms with Crippen LogP contribution >= 0.6 is 23.2 Å². The highest BCUT2D eigenvalue weighted by Gasteiger charge is 2.18.